The number of amides is 1. The van der Waals surface area contributed by atoms with Gasteiger partial charge in [0.15, 0.2) is 0 Å². The molecule has 2 saturated heterocycles. The highest BCUT2D eigenvalue weighted by Gasteiger charge is 2.42. The molecule has 0 saturated carbocycles. The molecule has 5 heteroatoms. The fraction of sp³-hybridized carbons (Fsp3) is 0.609. The normalized spacial score (nSPS) is 27.1. The highest BCUT2D eigenvalue weighted by Crippen LogP contribution is 2.44. The minimum absolute atomic E-state index is 0.0146. The van der Waals surface area contributed by atoms with Crippen molar-refractivity contribution in [3.8, 4) is 0 Å². The van der Waals surface area contributed by atoms with E-state index in [1.807, 2.05) is 20.8 Å². The van der Waals surface area contributed by atoms with Crippen molar-refractivity contribution in [2.45, 2.75) is 63.2 Å². The van der Waals surface area contributed by atoms with Gasteiger partial charge >= 0.3 is 6.09 Å². The van der Waals surface area contributed by atoms with Gasteiger partial charge in [0.05, 0.1) is 12.1 Å². The van der Waals surface area contributed by atoms with Gasteiger partial charge in [0, 0.05) is 18.5 Å². The maximum absolute atomic E-state index is 12.5. The van der Waals surface area contributed by atoms with E-state index in [9.17, 15) is 9.90 Å². The molecule has 0 bridgehead atoms. The van der Waals surface area contributed by atoms with Crippen molar-refractivity contribution in [2.24, 2.45) is 0 Å². The Hall–Kier alpha value is -1.85. The van der Waals surface area contributed by atoms with Crippen LogP contribution in [-0.2, 0) is 10.2 Å². The number of carbonyl (C=O) groups excluding carboxylic acids is 1. The summed E-state index contributed by atoms with van der Waals surface area (Å²) < 4.78 is 5.54. The number of benzene rings is 1. The van der Waals surface area contributed by atoms with Crippen LogP contribution in [0.25, 0.3) is 6.08 Å². The van der Waals surface area contributed by atoms with Gasteiger partial charge < -0.3 is 14.7 Å². The first kappa shape index (κ1) is 19.5. The van der Waals surface area contributed by atoms with Crippen molar-refractivity contribution in [3.05, 3.63) is 41.5 Å². The maximum atomic E-state index is 12.5. The largest absolute Gasteiger partial charge is 0.444 e. The minimum atomic E-state index is -0.498. The lowest BCUT2D eigenvalue weighted by Crippen LogP contribution is -2.59. The van der Waals surface area contributed by atoms with Crippen LogP contribution < -0.4 is 0 Å². The SMILES string of the molecule is CC(C)(C)OC(=O)N1CC[C@H](O)[C@@H](N2CCC3(C=Cc4ccccc43)CC2)C1. The molecule has 0 unspecified atom stereocenters. The van der Waals surface area contributed by atoms with Crippen molar-refractivity contribution < 1.29 is 14.6 Å². The molecule has 2 atom stereocenters. The molecular formula is C23H32N2O3. The van der Waals surface area contributed by atoms with Gasteiger partial charge in [-0.2, -0.15) is 0 Å². The van der Waals surface area contributed by atoms with E-state index in [-0.39, 0.29) is 23.7 Å². The zero-order valence-corrected chi connectivity index (χ0v) is 17.2. The Morgan fingerprint density at radius 3 is 2.61 bits per heavy atom. The summed E-state index contributed by atoms with van der Waals surface area (Å²) in [4.78, 5) is 16.6. The Labute approximate surface area is 168 Å². The summed E-state index contributed by atoms with van der Waals surface area (Å²) in [5.74, 6) is 0. The third-order valence-electron chi connectivity index (χ3n) is 6.44. The highest BCUT2D eigenvalue weighted by molar-refractivity contribution is 5.68. The number of hydrogen-bond donors (Lipinski definition) is 1. The topological polar surface area (TPSA) is 53.0 Å². The molecule has 2 fully saturated rings. The van der Waals surface area contributed by atoms with Crippen LogP contribution in [0.4, 0.5) is 4.79 Å². The zero-order valence-electron chi connectivity index (χ0n) is 17.2. The average molecular weight is 385 g/mol. The molecule has 1 aromatic rings. The Kier molecular flexibility index (Phi) is 5.00. The van der Waals surface area contributed by atoms with Crippen LogP contribution in [0, 0.1) is 0 Å². The van der Waals surface area contributed by atoms with Gasteiger partial charge in [0.1, 0.15) is 5.60 Å². The lowest BCUT2D eigenvalue weighted by Gasteiger charge is -2.47. The summed E-state index contributed by atoms with van der Waals surface area (Å²) in [5.41, 5.74) is 2.42. The molecule has 1 amide bonds. The number of aliphatic hydroxyl groups is 1. The lowest BCUT2D eigenvalue weighted by molar-refractivity contribution is -0.0349. The molecular weight excluding hydrogens is 352 g/mol. The molecule has 3 aliphatic rings. The van der Waals surface area contributed by atoms with E-state index in [0.29, 0.717) is 19.5 Å². The number of piperidine rings is 2. The minimum Gasteiger partial charge on any atom is -0.444 e. The van der Waals surface area contributed by atoms with Crippen molar-refractivity contribution in [3.63, 3.8) is 0 Å². The molecule has 5 nitrogen and oxygen atoms in total. The lowest BCUT2D eigenvalue weighted by atomic mass is 9.74. The summed E-state index contributed by atoms with van der Waals surface area (Å²) in [5, 5.41) is 10.6. The van der Waals surface area contributed by atoms with E-state index in [4.69, 9.17) is 4.74 Å². The van der Waals surface area contributed by atoms with E-state index in [0.717, 1.165) is 25.9 Å². The number of nitrogens with zero attached hydrogens (tertiary/aromatic N) is 2. The van der Waals surface area contributed by atoms with Crippen molar-refractivity contribution >= 4 is 12.2 Å². The second kappa shape index (κ2) is 7.20. The fourth-order valence-electron chi connectivity index (χ4n) is 4.90. The van der Waals surface area contributed by atoms with Crippen LogP contribution in [0.1, 0.15) is 51.2 Å². The van der Waals surface area contributed by atoms with E-state index < -0.39 is 5.60 Å². The zero-order chi connectivity index (χ0) is 19.9. The average Bonchev–Trinajstić information content (AvgIpc) is 3.00. The Bertz CT molecular complexity index is 759. The van der Waals surface area contributed by atoms with E-state index >= 15 is 0 Å². The molecule has 152 valence electrons. The maximum Gasteiger partial charge on any atom is 0.410 e. The van der Waals surface area contributed by atoms with Crippen LogP contribution in [0.5, 0.6) is 0 Å². The van der Waals surface area contributed by atoms with Crippen LogP contribution in [0.2, 0.25) is 0 Å². The number of rotatable bonds is 1. The molecule has 1 N–H and O–H groups in total. The van der Waals surface area contributed by atoms with Gasteiger partial charge in [0.25, 0.3) is 0 Å². The van der Waals surface area contributed by atoms with Crippen LogP contribution in [-0.4, -0.2) is 64.9 Å². The molecule has 1 aliphatic carbocycles. The molecule has 2 heterocycles. The molecule has 1 spiro atoms. The first-order valence-corrected chi connectivity index (χ1v) is 10.5. The highest BCUT2D eigenvalue weighted by atomic mass is 16.6. The number of allylic oxidation sites excluding steroid dienone is 1. The predicted octanol–water partition coefficient (Wildman–Crippen LogP) is 3.42. The summed E-state index contributed by atoms with van der Waals surface area (Å²) in [7, 11) is 0. The van der Waals surface area contributed by atoms with Gasteiger partial charge in [-0.15, -0.1) is 0 Å². The Morgan fingerprint density at radius 2 is 1.89 bits per heavy atom. The Balaban J connectivity index is 1.41. The summed E-state index contributed by atoms with van der Waals surface area (Å²) in [6, 6.07) is 8.66. The quantitative estimate of drug-likeness (QED) is 0.806. The van der Waals surface area contributed by atoms with E-state index in [2.05, 4.69) is 41.3 Å². The second-order valence-electron chi connectivity index (χ2n) is 9.46. The molecule has 1 aromatic carbocycles. The molecule has 0 aromatic heterocycles. The number of carbonyl (C=O) groups is 1. The van der Waals surface area contributed by atoms with Gasteiger partial charge in [0.2, 0.25) is 0 Å². The van der Waals surface area contributed by atoms with E-state index in [1.165, 1.54) is 11.1 Å². The fourth-order valence-corrected chi connectivity index (χ4v) is 4.90. The predicted molar refractivity (Wildman–Crippen MR) is 110 cm³/mol. The third kappa shape index (κ3) is 3.70. The number of aliphatic hydroxyl groups excluding tert-OH is 1. The van der Waals surface area contributed by atoms with Crippen molar-refractivity contribution in [1.29, 1.82) is 0 Å². The first-order valence-electron chi connectivity index (χ1n) is 10.5. The van der Waals surface area contributed by atoms with Gasteiger partial charge in [-0.1, -0.05) is 36.4 Å². The smallest absolute Gasteiger partial charge is 0.410 e. The number of likely N-dealkylation sites (tertiary alicyclic amines) is 2. The molecule has 4 rings (SSSR count). The van der Waals surface area contributed by atoms with Gasteiger partial charge in [-0.05, 0) is 64.3 Å². The van der Waals surface area contributed by atoms with Crippen LogP contribution in [0.3, 0.4) is 0 Å². The van der Waals surface area contributed by atoms with Gasteiger partial charge in [-0.3, -0.25) is 4.90 Å². The van der Waals surface area contributed by atoms with Crippen molar-refractivity contribution in [2.75, 3.05) is 26.2 Å². The summed E-state index contributed by atoms with van der Waals surface area (Å²) >= 11 is 0. The molecule has 2 aliphatic heterocycles. The number of hydrogen-bond acceptors (Lipinski definition) is 4. The Morgan fingerprint density at radius 1 is 1.18 bits per heavy atom. The number of ether oxygens (including phenoxy) is 1. The molecule has 28 heavy (non-hydrogen) atoms. The van der Waals surface area contributed by atoms with Crippen LogP contribution >= 0.6 is 0 Å². The first-order chi connectivity index (χ1) is 13.3. The van der Waals surface area contributed by atoms with Crippen LogP contribution in [0.15, 0.2) is 30.3 Å². The number of fused-ring (bicyclic) bond motifs is 2. The summed E-state index contributed by atoms with van der Waals surface area (Å²) in [6.45, 7) is 8.62. The summed E-state index contributed by atoms with van der Waals surface area (Å²) in [6.07, 6.45) is 6.68. The van der Waals surface area contributed by atoms with Crippen molar-refractivity contribution in [1.82, 2.24) is 9.80 Å². The van der Waals surface area contributed by atoms with Gasteiger partial charge in [-0.25, -0.2) is 4.79 Å². The standard InChI is InChI=1S/C23H32N2O3/c1-22(2,3)28-21(27)25-13-9-20(26)19(16-25)24-14-11-23(12-15-24)10-8-17-6-4-5-7-18(17)23/h4-8,10,19-20,26H,9,11-16H2,1-3H3/t19-,20-/m0/s1. The third-order valence-corrected chi connectivity index (χ3v) is 6.44. The van der Waals surface area contributed by atoms with E-state index in [1.54, 1.807) is 4.90 Å². The monoisotopic (exact) mass is 384 g/mol. The second-order valence-corrected chi connectivity index (χ2v) is 9.46. The molecule has 0 radical (unpaired) electrons.